The lowest BCUT2D eigenvalue weighted by molar-refractivity contribution is 0.1000. The van der Waals surface area contributed by atoms with Crippen molar-refractivity contribution in [3.05, 3.63) is 53.2 Å². The molecule has 0 saturated heterocycles. The molecule has 1 atom stereocenters. The molecular weight excluding hydrogens is 326 g/mol. The first-order valence-corrected chi connectivity index (χ1v) is 9.38. The number of fused-ring (bicyclic) bond motifs is 1. The van der Waals surface area contributed by atoms with E-state index in [9.17, 15) is 4.79 Å². The zero-order valence-corrected chi connectivity index (χ0v) is 15.5. The summed E-state index contributed by atoms with van der Waals surface area (Å²) in [5, 5.41) is 3.72. The zero-order chi connectivity index (χ0) is 18.5. The lowest BCUT2D eigenvalue weighted by atomic mass is 10.0. The summed E-state index contributed by atoms with van der Waals surface area (Å²) in [6, 6.07) is 10.0. The Bertz CT molecular complexity index is 754. The Morgan fingerprint density at radius 3 is 2.65 bits per heavy atom. The van der Waals surface area contributed by atoms with Crippen LogP contribution < -0.4 is 15.8 Å². The van der Waals surface area contributed by atoms with Crippen molar-refractivity contribution < 1.29 is 9.53 Å². The van der Waals surface area contributed by atoms with Gasteiger partial charge in [-0.25, -0.2) is 4.98 Å². The van der Waals surface area contributed by atoms with Crippen molar-refractivity contribution in [1.29, 1.82) is 0 Å². The normalized spacial score (nSPS) is 15.9. The molecule has 1 unspecified atom stereocenters. The van der Waals surface area contributed by atoms with Crippen LogP contribution >= 0.6 is 0 Å². The second-order valence-electron chi connectivity index (χ2n) is 6.98. The van der Waals surface area contributed by atoms with E-state index in [2.05, 4.69) is 36.3 Å². The van der Waals surface area contributed by atoms with Crippen LogP contribution in [0.5, 0.6) is 11.6 Å². The molecule has 5 nitrogen and oxygen atoms in total. The van der Waals surface area contributed by atoms with Gasteiger partial charge in [-0.2, -0.15) is 0 Å². The van der Waals surface area contributed by atoms with Crippen molar-refractivity contribution in [3.8, 4) is 11.6 Å². The molecule has 2 aromatic rings. The molecule has 0 radical (unpaired) electrons. The highest BCUT2D eigenvalue weighted by Crippen LogP contribution is 2.29. The van der Waals surface area contributed by atoms with Gasteiger partial charge in [-0.1, -0.05) is 32.8 Å². The van der Waals surface area contributed by atoms with Gasteiger partial charge in [-0.3, -0.25) is 4.79 Å². The van der Waals surface area contributed by atoms with Gasteiger partial charge in [0.05, 0.1) is 5.56 Å². The van der Waals surface area contributed by atoms with Gasteiger partial charge >= 0.3 is 0 Å². The van der Waals surface area contributed by atoms with Gasteiger partial charge in [0, 0.05) is 18.3 Å². The number of ether oxygens (including phenoxy) is 1. The fourth-order valence-electron chi connectivity index (χ4n) is 3.42. The van der Waals surface area contributed by atoms with Crippen LogP contribution in [0.25, 0.3) is 0 Å². The van der Waals surface area contributed by atoms with Gasteiger partial charge in [0.25, 0.3) is 0 Å². The minimum absolute atomic E-state index is 0.373. The van der Waals surface area contributed by atoms with Crippen molar-refractivity contribution in [2.75, 3.05) is 6.54 Å². The number of nitrogens with one attached hydrogen (secondary N) is 1. The van der Waals surface area contributed by atoms with Crippen molar-refractivity contribution in [3.63, 3.8) is 0 Å². The van der Waals surface area contributed by atoms with Gasteiger partial charge in [0.15, 0.2) is 0 Å². The molecule has 26 heavy (non-hydrogen) atoms. The molecule has 3 rings (SSSR count). The molecule has 1 aromatic heterocycles. The molecule has 0 fully saturated rings. The van der Waals surface area contributed by atoms with E-state index >= 15 is 0 Å². The molecule has 3 N–H and O–H groups in total. The number of nitrogens with zero attached hydrogens (tertiary/aromatic N) is 1. The minimum Gasteiger partial charge on any atom is -0.439 e. The van der Waals surface area contributed by atoms with E-state index in [1.807, 2.05) is 6.07 Å². The molecule has 1 aliphatic rings. The maximum absolute atomic E-state index is 11.1. The second-order valence-corrected chi connectivity index (χ2v) is 6.98. The van der Waals surface area contributed by atoms with Crippen LogP contribution in [0.1, 0.15) is 48.2 Å². The standard InChI is InChI=1S/C21H27N3O2/c1-3-14(4-2)12-23-18-9-15-5-7-19(11-17(15)10-18)26-20-8-6-16(13-24-20)21(22)25/h5-8,11,13-14,18,23H,3-4,9-10,12H2,1-2H3,(H2,22,25). The number of amides is 1. The minimum atomic E-state index is -0.492. The van der Waals surface area contributed by atoms with E-state index in [0.29, 0.717) is 17.5 Å². The first kappa shape index (κ1) is 18.4. The number of benzene rings is 1. The maximum atomic E-state index is 11.1. The number of carbonyl (C=O) groups excluding carboxylic acids is 1. The van der Waals surface area contributed by atoms with Crippen molar-refractivity contribution >= 4 is 5.91 Å². The number of pyridine rings is 1. The number of aromatic nitrogens is 1. The van der Waals surface area contributed by atoms with E-state index in [4.69, 9.17) is 10.5 Å². The zero-order valence-electron chi connectivity index (χ0n) is 15.5. The van der Waals surface area contributed by atoms with Gasteiger partial charge < -0.3 is 15.8 Å². The number of primary amides is 1. The van der Waals surface area contributed by atoms with Crippen LogP contribution in [0.2, 0.25) is 0 Å². The number of hydrogen-bond donors (Lipinski definition) is 2. The molecule has 5 heteroatoms. The SMILES string of the molecule is CCC(CC)CNC1Cc2ccc(Oc3ccc(C(N)=O)cn3)cc2C1. The molecule has 0 spiro atoms. The molecule has 0 bridgehead atoms. The molecule has 1 amide bonds. The molecule has 1 aliphatic carbocycles. The Kier molecular flexibility index (Phi) is 5.89. The summed E-state index contributed by atoms with van der Waals surface area (Å²) in [6.07, 6.45) is 5.98. The lowest BCUT2D eigenvalue weighted by Gasteiger charge is -2.17. The Labute approximate surface area is 155 Å². The average Bonchev–Trinajstić information content (AvgIpc) is 3.05. The number of carbonyl (C=O) groups is 1. The number of rotatable bonds is 8. The van der Waals surface area contributed by atoms with Crippen LogP contribution in [0.4, 0.5) is 0 Å². The van der Waals surface area contributed by atoms with E-state index in [1.165, 1.54) is 30.2 Å². The van der Waals surface area contributed by atoms with E-state index < -0.39 is 5.91 Å². The van der Waals surface area contributed by atoms with E-state index in [1.54, 1.807) is 12.1 Å². The van der Waals surface area contributed by atoms with Gasteiger partial charge in [0.2, 0.25) is 11.8 Å². The third-order valence-corrected chi connectivity index (χ3v) is 5.20. The van der Waals surface area contributed by atoms with Crippen LogP contribution in [-0.2, 0) is 12.8 Å². The van der Waals surface area contributed by atoms with Gasteiger partial charge in [-0.05, 0) is 54.6 Å². The highest BCUT2D eigenvalue weighted by molar-refractivity contribution is 5.92. The Morgan fingerprint density at radius 1 is 1.23 bits per heavy atom. The van der Waals surface area contributed by atoms with Gasteiger partial charge in [-0.15, -0.1) is 0 Å². The molecule has 1 aromatic carbocycles. The third-order valence-electron chi connectivity index (χ3n) is 5.20. The molecule has 0 aliphatic heterocycles. The number of nitrogens with two attached hydrogens (primary N) is 1. The predicted molar refractivity (Wildman–Crippen MR) is 103 cm³/mol. The topological polar surface area (TPSA) is 77.2 Å². The predicted octanol–water partition coefficient (Wildman–Crippen LogP) is 3.47. The quantitative estimate of drug-likeness (QED) is 0.762. The highest BCUT2D eigenvalue weighted by atomic mass is 16.5. The van der Waals surface area contributed by atoms with Crippen molar-refractivity contribution in [2.45, 2.75) is 45.6 Å². The highest BCUT2D eigenvalue weighted by Gasteiger charge is 2.22. The van der Waals surface area contributed by atoms with Crippen LogP contribution in [-0.4, -0.2) is 23.5 Å². The Hall–Kier alpha value is -2.40. The first-order chi connectivity index (χ1) is 12.6. The van der Waals surface area contributed by atoms with E-state index in [0.717, 1.165) is 31.1 Å². The van der Waals surface area contributed by atoms with Crippen molar-refractivity contribution in [2.24, 2.45) is 11.7 Å². The summed E-state index contributed by atoms with van der Waals surface area (Å²) in [7, 11) is 0. The summed E-state index contributed by atoms with van der Waals surface area (Å²) >= 11 is 0. The summed E-state index contributed by atoms with van der Waals surface area (Å²) in [6.45, 7) is 5.60. The fourth-order valence-corrected chi connectivity index (χ4v) is 3.42. The summed E-state index contributed by atoms with van der Waals surface area (Å²) < 4.78 is 5.82. The smallest absolute Gasteiger partial charge is 0.250 e. The summed E-state index contributed by atoms with van der Waals surface area (Å²) in [5.41, 5.74) is 8.32. The average molecular weight is 353 g/mol. The lowest BCUT2D eigenvalue weighted by Crippen LogP contribution is -2.33. The molecular formula is C21H27N3O2. The molecule has 1 heterocycles. The molecule has 138 valence electrons. The fraction of sp³-hybridized carbons (Fsp3) is 0.429. The summed E-state index contributed by atoms with van der Waals surface area (Å²) in [5.74, 6) is 1.49. The van der Waals surface area contributed by atoms with Gasteiger partial charge in [0.1, 0.15) is 5.75 Å². The second kappa shape index (κ2) is 8.32. The first-order valence-electron chi connectivity index (χ1n) is 9.38. The molecule has 0 saturated carbocycles. The van der Waals surface area contributed by atoms with Crippen LogP contribution in [0.3, 0.4) is 0 Å². The van der Waals surface area contributed by atoms with Crippen LogP contribution in [0.15, 0.2) is 36.5 Å². The maximum Gasteiger partial charge on any atom is 0.250 e. The number of hydrogen-bond acceptors (Lipinski definition) is 4. The Balaban J connectivity index is 1.60. The monoisotopic (exact) mass is 353 g/mol. The third kappa shape index (κ3) is 4.41. The van der Waals surface area contributed by atoms with E-state index in [-0.39, 0.29) is 0 Å². The largest absolute Gasteiger partial charge is 0.439 e. The van der Waals surface area contributed by atoms with Crippen molar-refractivity contribution in [1.82, 2.24) is 10.3 Å². The van der Waals surface area contributed by atoms with Crippen LogP contribution in [0, 0.1) is 5.92 Å². The Morgan fingerprint density at radius 2 is 2.00 bits per heavy atom. The summed E-state index contributed by atoms with van der Waals surface area (Å²) in [4.78, 5) is 15.2.